The number of halogens is 3. The molecular weight excluding hydrogens is 315 g/mol. The average Bonchev–Trinajstić information content (AvgIpc) is 2.79. The summed E-state index contributed by atoms with van der Waals surface area (Å²) in [5, 5.41) is 3.91. The molecule has 9 heteroatoms. The van der Waals surface area contributed by atoms with Crippen molar-refractivity contribution in [3.05, 3.63) is 21.6 Å². The van der Waals surface area contributed by atoms with E-state index in [-0.39, 0.29) is 31.5 Å². The number of hydrogen-bond acceptors (Lipinski definition) is 3. The van der Waals surface area contributed by atoms with Crippen molar-refractivity contribution in [1.82, 2.24) is 15.1 Å². The average molecular weight is 335 g/mol. The second-order valence-corrected chi connectivity index (χ2v) is 6.61. The van der Waals surface area contributed by atoms with Crippen LogP contribution >= 0.6 is 0 Å². The number of rotatable bonds is 1. The molecule has 1 aromatic heterocycles. The second kappa shape index (κ2) is 5.93. The zero-order chi connectivity index (χ0) is 17.4. The third-order valence-corrected chi connectivity index (χ3v) is 3.65. The third-order valence-electron chi connectivity index (χ3n) is 3.65. The van der Waals surface area contributed by atoms with Gasteiger partial charge in [0.05, 0.1) is 5.56 Å². The number of piperidine rings is 1. The number of aromatic nitrogens is 2. The van der Waals surface area contributed by atoms with Crippen LogP contribution in [0.15, 0.2) is 4.79 Å². The van der Waals surface area contributed by atoms with E-state index in [9.17, 15) is 22.8 Å². The Hall–Kier alpha value is -1.93. The molecule has 0 aromatic carbocycles. The summed E-state index contributed by atoms with van der Waals surface area (Å²) >= 11 is 0. The van der Waals surface area contributed by atoms with Crippen LogP contribution in [0.4, 0.5) is 18.0 Å². The molecule has 1 aromatic rings. The Morgan fingerprint density at radius 1 is 1.17 bits per heavy atom. The van der Waals surface area contributed by atoms with Gasteiger partial charge in [-0.1, -0.05) is 0 Å². The normalized spacial score (nSPS) is 17.4. The zero-order valence-corrected chi connectivity index (χ0v) is 13.2. The summed E-state index contributed by atoms with van der Waals surface area (Å²) in [5.41, 5.74) is -2.69. The van der Waals surface area contributed by atoms with E-state index in [1.165, 1.54) is 4.90 Å². The van der Waals surface area contributed by atoms with Crippen molar-refractivity contribution in [3.8, 4) is 0 Å². The highest BCUT2D eigenvalue weighted by Crippen LogP contribution is 2.35. The minimum Gasteiger partial charge on any atom is -0.444 e. The van der Waals surface area contributed by atoms with Crippen LogP contribution in [0, 0.1) is 0 Å². The van der Waals surface area contributed by atoms with Gasteiger partial charge in [0, 0.05) is 13.1 Å². The molecule has 1 aliphatic heterocycles. The molecule has 0 aliphatic carbocycles. The van der Waals surface area contributed by atoms with Gasteiger partial charge in [0.15, 0.2) is 0 Å². The van der Waals surface area contributed by atoms with Crippen molar-refractivity contribution < 1.29 is 22.7 Å². The summed E-state index contributed by atoms with van der Waals surface area (Å²) in [5.74, 6) is -0.541. The molecule has 2 N–H and O–H groups in total. The van der Waals surface area contributed by atoms with Crippen LogP contribution in [0.25, 0.3) is 0 Å². The molecule has 0 spiro atoms. The summed E-state index contributed by atoms with van der Waals surface area (Å²) in [6.07, 6.45) is -4.54. The Balaban J connectivity index is 2.07. The first-order valence-corrected chi connectivity index (χ1v) is 7.34. The third kappa shape index (κ3) is 4.08. The highest BCUT2D eigenvalue weighted by Gasteiger charge is 2.40. The molecule has 0 saturated carbocycles. The Bertz CT molecular complexity index is 620. The first-order valence-electron chi connectivity index (χ1n) is 7.34. The largest absolute Gasteiger partial charge is 0.444 e. The summed E-state index contributed by atoms with van der Waals surface area (Å²) in [6.45, 7) is 5.73. The van der Waals surface area contributed by atoms with Crippen LogP contribution < -0.4 is 5.56 Å². The van der Waals surface area contributed by atoms with Crippen LogP contribution in [-0.2, 0) is 10.9 Å². The molecular formula is C14H20F3N3O3. The first kappa shape index (κ1) is 17.4. The standard InChI is InChI=1S/C14H20F3N3O3/c1-13(2,3)23-12(22)20-6-4-8(5-7-20)9-10(14(15,16)17)18-19-11(9)21/h8H,4-7H2,1-3H3,(H2,18,19,21). The van der Waals surface area contributed by atoms with E-state index < -0.39 is 35.0 Å². The fourth-order valence-electron chi connectivity index (χ4n) is 2.66. The maximum Gasteiger partial charge on any atom is 0.433 e. The molecule has 1 saturated heterocycles. The zero-order valence-electron chi connectivity index (χ0n) is 13.2. The number of ether oxygens (including phenoxy) is 1. The Kier molecular flexibility index (Phi) is 4.50. The predicted octanol–water partition coefficient (Wildman–Crippen LogP) is 2.84. The Labute approximate surface area is 131 Å². The number of aromatic amines is 2. The van der Waals surface area contributed by atoms with E-state index >= 15 is 0 Å². The lowest BCUT2D eigenvalue weighted by atomic mass is 9.89. The second-order valence-electron chi connectivity index (χ2n) is 6.61. The number of hydrogen-bond donors (Lipinski definition) is 2. The van der Waals surface area contributed by atoms with Gasteiger partial charge >= 0.3 is 12.3 Å². The maximum atomic E-state index is 12.9. The first-order chi connectivity index (χ1) is 10.5. The highest BCUT2D eigenvalue weighted by molar-refractivity contribution is 5.68. The van der Waals surface area contributed by atoms with Crippen molar-refractivity contribution in [2.45, 2.75) is 51.3 Å². The van der Waals surface area contributed by atoms with Crippen molar-refractivity contribution in [3.63, 3.8) is 0 Å². The predicted molar refractivity (Wildman–Crippen MR) is 76.2 cm³/mol. The molecule has 2 heterocycles. The van der Waals surface area contributed by atoms with Gasteiger partial charge in [0.25, 0.3) is 5.56 Å². The van der Waals surface area contributed by atoms with Crippen molar-refractivity contribution in [1.29, 1.82) is 0 Å². The molecule has 6 nitrogen and oxygen atoms in total. The molecule has 1 aliphatic rings. The van der Waals surface area contributed by atoms with Gasteiger partial charge in [-0.05, 0) is 39.5 Å². The van der Waals surface area contributed by atoms with Gasteiger partial charge < -0.3 is 9.64 Å². The number of alkyl halides is 3. The monoisotopic (exact) mass is 335 g/mol. The Morgan fingerprint density at radius 3 is 2.22 bits per heavy atom. The van der Waals surface area contributed by atoms with Crippen molar-refractivity contribution >= 4 is 6.09 Å². The molecule has 0 radical (unpaired) electrons. The van der Waals surface area contributed by atoms with E-state index in [0.29, 0.717) is 0 Å². The van der Waals surface area contributed by atoms with Gasteiger partial charge in [-0.15, -0.1) is 0 Å². The molecule has 0 atom stereocenters. The number of H-pyrrole nitrogens is 2. The lowest BCUT2D eigenvalue weighted by Crippen LogP contribution is -2.41. The summed E-state index contributed by atoms with van der Waals surface area (Å²) in [6, 6.07) is 0. The van der Waals surface area contributed by atoms with Crippen LogP contribution in [0.2, 0.25) is 0 Å². The van der Waals surface area contributed by atoms with Gasteiger partial charge in [-0.25, -0.2) is 4.79 Å². The highest BCUT2D eigenvalue weighted by atomic mass is 19.4. The lowest BCUT2D eigenvalue weighted by Gasteiger charge is -2.33. The van der Waals surface area contributed by atoms with Crippen LogP contribution in [0.1, 0.15) is 50.8 Å². The summed E-state index contributed by atoms with van der Waals surface area (Å²) < 4.78 is 44.0. The minimum atomic E-state index is -4.61. The molecule has 2 rings (SSSR count). The van der Waals surface area contributed by atoms with Gasteiger partial charge in [0.2, 0.25) is 0 Å². The SMILES string of the molecule is CC(C)(C)OC(=O)N1CCC(c2c(C(F)(F)F)[nH][nH]c2=O)CC1. The fourth-order valence-corrected chi connectivity index (χ4v) is 2.66. The summed E-state index contributed by atoms with van der Waals surface area (Å²) in [4.78, 5) is 25.1. The van der Waals surface area contributed by atoms with Gasteiger partial charge in [-0.3, -0.25) is 15.0 Å². The molecule has 23 heavy (non-hydrogen) atoms. The topological polar surface area (TPSA) is 78.2 Å². The van der Waals surface area contributed by atoms with E-state index in [1.807, 2.05) is 10.2 Å². The summed E-state index contributed by atoms with van der Waals surface area (Å²) in [7, 11) is 0. The van der Waals surface area contributed by atoms with Gasteiger partial charge in [0.1, 0.15) is 11.3 Å². The number of amides is 1. The number of nitrogens with one attached hydrogen (secondary N) is 2. The number of carbonyl (C=O) groups is 1. The van der Waals surface area contributed by atoms with E-state index in [2.05, 4.69) is 0 Å². The number of carbonyl (C=O) groups excluding carboxylic acids is 1. The van der Waals surface area contributed by atoms with Crippen molar-refractivity contribution in [2.75, 3.05) is 13.1 Å². The van der Waals surface area contributed by atoms with E-state index in [1.54, 1.807) is 20.8 Å². The minimum absolute atomic E-state index is 0.251. The molecule has 0 bridgehead atoms. The Morgan fingerprint density at radius 2 is 1.74 bits per heavy atom. The number of likely N-dealkylation sites (tertiary alicyclic amines) is 1. The van der Waals surface area contributed by atoms with Crippen LogP contribution in [0.3, 0.4) is 0 Å². The van der Waals surface area contributed by atoms with Gasteiger partial charge in [-0.2, -0.15) is 13.2 Å². The van der Waals surface area contributed by atoms with Crippen LogP contribution in [-0.4, -0.2) is 39.9 Å². The smallest absolute Gasteiger partial charge is 0.433 e. The number of nitrogens with zero attached hydrogens (tertiary/aromatic N) is 1. The lowest BCUT2D eigenvalue weighted by molar-refractivity contribution is -0.142. The molecule has 1 amide bonds. The quantitative estimate of drug-likeness (QED) is 0.828. The fraction of sp³-hybridized carbons (Fsp3) is 0.714. The van der Waals surface area contributed by atoms with E-state index in [4.69, 9.17) is 4.74 Å². The van der Waals surface area contributed by atoms with Crippen LogP contribution in [0.5, 0.6) is 0 Å². The molecule has 1 fully saturated rings. The van der Waals surface area contributed by atoms with E-state index in [0.717, 1.165) is 0 Å². The molecule has 130 valence electrons. The van der Waals surface area contributed by atoms with Crippen molar-refractivity contribution in [2.24, 2.45) is 0 Å². The molecule has 0 unspecified atom stereocenters. The maximum absolute atomic E-state index is 12.9.